The molecule has 0 aliphatic heterocycles. The van der Waals surface area contributed by atoms with Crippen molar-refractivity contribution in [1.29, 1.82) is 0 Å². The molecule has 2 aromatic carbocycles. The first-order valence-corrected chi connectivity index (χ1v) is 9.74. The zero-order valence-electron chi connectivity index (χ0n) is 14.4. The van der Waals surface area contributed by atoms with Crippen LogP contribution in [0.5, 0.6) is 5.75 Å². The Morgan fingerprint density at radius 3 is 2.40 bits per heavy atom. The SMILES string of the molecule is CC[C@@H](NC(=O)Nc1cccc(OC)c1)c1ccc(S(C)(=O)=O)cc1. The molecule has 0 fully saturated rings. The Labute approximate surface area is 148 Å². The maximum Gasteiger partial charge on any atom is 0.319 e. The molecule has 0 aliphatic rings. The zero-order valence-corrected chi connectivity index (χ0v) is 15.3. The molecule has 6 nitrogen and oxygen atoms in total. The molecule has 2 amide bonds. The minimum atomic E-state index is -3.23. The van der Waals surface area contributed by atoms with Gasteiger partial charge in [0.2, 0.25) is 0 Å². The molecule has 1 atom stereocenters. The van der Waals surface area contributed by atoms with Crippen LogP contribution in [-0.2, 0) is 9.84 Å². The molecule has 0 radical (unpaired) electrons. The van der Waals surface area contributed by atoms with Gasteiger partial charge in [-0.1, -0.05) is 25.1 Å². The van der Waals surface area contributed by atoms with Gasteiger partial charge in [-0.2, -0.15) is 0 Å². The van der Waals surface area contributed by atoms with Crippen LogP contribution in [0.25, 0.3) is 0 Å². The Balaban J connectivity index is 2.06. The highest BCUT2D eigenvalue weighted by atomic mass is 32.2. The molecule has 0 heterocycles. The molecular weight excluding hydrogens is 340 g/mol. The second-order valence-electron chi connectivity index (χ2n) is 5.63. The number of benzene rings is 2. The molecule has 25 heavy (non-hydrogen) atoms. The van der Waals surface area contributed by atoms with Gasteiger partial charge in [0.05, 0.1) is 18.0 Å². The number of anilines is 1. The first-order chi connectivity index (χ1) is 11.8. The standard InChI is InChI=1S/C18H22N2O4S/c1-4-17(13-8-10-16(11-9-13)25(3,22)23)20-18(21)19-14-6-5-7-15(12-14)24-2/h5-12,17H,4H2,1-3H3,(H2,19,20,21)/t17-/m1/s1. The van der Waals surface area contributed by atoms with Crippen molar-refractivity contribution in [2.75, 3.05) is 18.7 Å². The van der Waals surface area contributed by atoms with Gasteiger partial charge < -0.3 is 15.4 Å². The number of hydrogen-bond acceptors (Lipinski definition) is 4. The monoisotopic (exact) mass is 362 g/mol. The van der Waals surface area contributed by atoms with E-state index >= 15 is 0 Å². The third-order valence-corrected chi connectivity index (χ3v) is 4.88. The summed E-state index contributed by atoms with van der Waals surface area (Å²) in [6.45, 7) is 1.95. The predicted molar refractivity (Wildman–Crippen MR) is 97.7 cm³/mol. The van der Waals surface area contributed by atoms with Crippen LogP contribution < -0.4 is 15.4 Å². The van der Waals surface area contributed by atoms with Crippen molar-refractivity contribution in [3.8, 4) is 5.75 Å². The van der Waals surface area contributed by atoms with Crippen LogP contribution in [0, 0.1) is 0 Å². The molecule has 0 spiro atoms. The van der Waals surface area contributed by atoms with Crippen molar-refractivity contribution >= 4 is 21.6 Å². The van der Waals surface area contributed by atoms with Crippen molar-refractivity contribution in [2.24, 2.45) is 0 Å². The van der Waals surface area contributed by atoms with E-state index in [1.165, 1.54) is 6.26 Å². The average Bonchev–Trinajstić information content (AvgIpc) is 2.59. The van der Waals surface area contributed by atoms with E-state index in [2.05, 4.69) is 10.6 Å². The Morgan fingerprint density at radius 2 is 1.84 bits per heavy atom. The Morgan fingerprint density at radius 1 is 1.16 bits per heavy atom. The topological polar surface area (TPSA) is 84.5 Å². The van der Waals surface area contributed by atoms with Crippen LogP contribution in [-0.4, -0.2) is 27.8 Å². The van der Waals surface area contributed by atoms with Crippen molar-refractivity contribution < 1.29 is 17.9 Å². The van der Waals surface area contributed by atoms with E-state index in [0.717, 1.165) is 5.56 Å². The minimum Gasteiger partial charge on any atom is -0.497 e. The van der Waals surface area contributed by atoms with Crippen molar-refractivity contribution in [2.45, 2.75) is 24.3 Å². The zero-order chi connectivity index (χ0) is 18.4. The lowest BCUT2D eigenvalue weighted by Gasteiger charge is -2.18. The molecule has 0 unspecified atom stereocenters. The summed E-state index contributed by atoms with van der Waals surface area (Å²) in [7, 11) is -1.67. The molecule has 0 aliphatic carbocycles. The first kappa shape index (κ1) is 18.8. The lowest BCUT2D eigenvalue weighted by Crippen LogP contribution is -2.32. The molecular formula is C18H22N2O4S. The fourth-order valence-electron chi connectivity index (χ4n) is 2.39. The van der Waals surface area contributed by atoms with Crippen molar-refractivity contribution in [3.05, 3.63) is 54.1 Å². The van der Waals surface area contributed by atoms with E-state index in [1.807, 2.05) is 6.92 Å². The third-order valence-electron chi connectivity index (χ3n) is 3.75. The van der Waals surface area contributed by atoms with Crippen molar-refractivity contribution in [3.63, 3.8) is 0 Å². The summed E-state index contributed by atoms with van der Waals surface area (Å²) in [6, 6.07) is 13.0. The van der Waals surface area contributed by atoms with Gasteiger partial charge in [-0.25, -0.2) is 13.2 Å². The number of urea groups is 1. The third kappa shape index (κ3) is 5.22. The molecule has 2 aromatic rings. The van der Waals surface area contributed by atoms with Gasteiger partial charge in [0.25, 0.3) is 0 Å². The number of nitrogens with one attached hydrogen (secondary N) is 2. The summed E-state index contributed by atoms with van der Waals surface area (Å²) in [5, 5.41) is 5.65. The normalized spacial score (nSPS) is 12.3. The number of methoxy groups -OCH3 is 1. The van der Waals surface area contributed by atoms with E-state index in [9.17, 15) is 13.2 Å². The van der Waals surface area contributed by atoms with Gasteiger partial charge in [0.1, 0.15) is 5.75 Å². The molecule has 7 heteroatoms. The fraction of sp³-hybridized carbons (Fsp3) is 0.278. The molecule has 134 valence electrons. The summed E-state index contributed by atoms with van der Waals surface area (Å²) < 4.78 is 28.2. The summed E-state index contributed by atoms with van der Waals surface area (Å²) in [4.78, 5) is 12.5. The van der Waals surface area contributed by atoms with Crippen LogP contribution in [0.2, 0.25) is 0 Å². The van der Waals surface area contributed by atoms with Crippen LogP contribution in [0.1, 0.15) is 24.9 Å². The number of rotatable bonds is 6. The second-order valence-corrected chi connectivity index (χ2v) is 7.65. The van der Waals surface area contributed by atoms with E-state index < -0.39 is 9.84 Å². The Bertz CT molecular complexity index is 832. The number of carbonyl (C=O) groups is 1. The van der Waals surface area contributed by atoms with Gasteiger partial charge in [-0.3, -0.25) is 0 Å². The maximum atomic E-state index is 12.2. The number of amides is 2. The summed E-state index contributed by atoms with van der Waals surface area (Å²) in [5.41, 5.74) is 1.47. The highest BCUT2D eigenvalue weighted by Gasteiger charge is 2.14. The largest absolute Gasteiger partial charge is 0.497 e. The molecule has 0 saturated carbocycles. The fourth-order valence-corrected chi connectivity index (χ4v) is 3.03. The highest BCUT2D eigenvalue weighted by Crippen LogP contribution is 2.20. The predicted octanol–water partition coefficient (Wildman–Crippen LogP) is 3.37. The average molecular weight is 362 g/mol. The van der Waals surface area contributed by atoms with Gasteiger partial charge in [-0.05, 0) is 36.2 Å². The smallest absolute Gasteiger partial charge is 0.319 e. The molecule has 0 aromatic heterocycles. The quantitative estimate of drug-likeness (QED) is 0.825. The van der Waals surface area contributed by atoms with Crippen LogP contribution in [0.15, 0.2) is 53.4 Å². The number of carbonyl (C=O) groups excluding carboxylic acids is 1. The molecule has 2 rings (SSSR count). The van der Waals surface area contributed by atoms with Crippen molar-refractivity contribution in [1.82, 2.24) is 5.32 Å². The number of ether oxygens (including phenoxy) is 1. The Kier molecular flexibility index (Phi) is 6.03. The molecule has 2 N–H and O–H groups in total. The van der Waals surface area contributed by atoms with Gasteiger partial charge >= 0.3 is 6.03 Å². The van der Waals surface area contributed by atoms with E-state index in [1.54, 1.807) is 55.6 Å². The molecule has 0 bridgehead atoms. The Hall–Kier alpha value is -2.54. The van der Waals surface area contributed by atoms with E-state index in [-0.39, 0.29) is 17.0 Å². The number of hydrogen-bond donors (Lipinski definition) is 2. The minimum absolute atomic E-state index is 0.223. The van der Waals surface area contributed by atoms with E-state index in [4.69, 9.17) is 4.74 Å². The second kappa shape index (κ2) is 8.02. The summed E-state index contributed by atoms with van der Waals surface area (Å²) >= 11 is 0. The highest BCUT2D eigenvalue weighted by molar-refractivity contribution is 7.90. The van der Waals surface area contributed by atoms with Gasteiger partial charge in [-0.15, -0.1) is 0 Å². The van der Waals surface area contributed by atoms with Gasteiger partial charge in [0, 0.05) is 18.0 Å². The summed E-state index contributed by atoms with van der Waals surface area (Å²) in [5.74, 6) is 0.654. The van der Waals surface area contributed by atoms with Crippen LogP contribution in [0.4, 0.5) is 10.5 Å². The maximum absolute atomic E-state index is 12.2. The van der Waals surface area contributed by atoms with Crippen LogP contribution in [0.3, 0.4) is 0 Å². The molecule has 0 saturated heterocycles. The van der Waals surface area contributed by atoms with Crippen LogP contribution >= 0.6 is 0 Å². The lowest BCUT2D eigenvalue weighted by atomic mass is 10.1. The lowest BCUT2D eigenvalue weighted by molar-refractivity contribution is 0.248. The first-order valence-electron chi connectivity index (χ1n) is 7.85. The number of sulfone groups is 1. The summed E-state index contributed by atoms with van der Waals surface area (Å²) in [6.07, 6.45) is 1.84. The van der Waals surface area contributed by atoms with Gasteiger partial charge in [0.15, 0.2) is 9.84 Å². The van der Waals surface area contributed by atoms with E-state index in [0.29, 0.717) is 17.9 Å².